The van der Waals surface area contributed by atoms with Crippen LogP contribution in [0.5, 0.6) is 5.88 Å². The first-order valence-electron chi connectivity index (χ1n) is 11.5. The van der Waals surface area contributed by atoms with Crippen LogP contribution >= 0.6 is 0 Å². The Kier molecular flexibility index (Phi) is 5.47. The van der Waals surface area contributed by atoms with Gasteiger partial charge >= 0.3 is 5.88 Å². The summed E-state index contributed by atoms with van der Waals surface area (Å²) in [6.45, 7) is 9.56. The molecular weight excluding hydrogens is 404 g/mol. The van der Waals surface area contributed by atoms with Crippen LogP contribution < -0.4 is 19.9 Å². The summed E-state index contributed by atoms with van der Waals surface area (Å²) >= 11 is 0. The van der Waals surface area contributed by atoms with E-state index < -0.39 is 0 Å². The standard InChI is InChI=1S/C25H30N4O3/c1-25(2)14-18(30)21-19(15-25)32-24-22(20(21)17-6-4-3-5-7-17)23(26)29(16-27-24)9-8-28-10-12-31-13-11-28/h3-7,16,20,26H,8-15H2,1-2H3/p+2/t20-/m0/s1. The quantitative estimate of drug-likeness (QED) is 0.700. The summed E-state index contributed by atoms with van der Waals surface area (Å²) in [5.74, 6) is 1.78. The number of nitrogens with one attached hydrogen (secondary N) is 1. The largest absolute Gasteiger partial charge is 0.430 e. The molecule has 5 rings (SSSR count). The summed E-state index contributed by atoms with van der Waals surface area (Å²) in [7, 11) is 0. The van der Waals surface area contributed by atoms with Crippen molar-refractivity contribution in [3.63, 3.8) is 0 Å². The molecule has 3 aliphatic rings. The molecule has 0 saturated carbocycles. The van der Waals surface area contributed by atoms with Crippen molar-refractivity contribution in [2.75, 3.05) is 38.6 Å². The highest BCUT2D eigenvalue weighted by Gasteiger charge is 2.45. The Morgan fingerprint density at radius 1 is 1.19 bits per heavy atom. The molecule has 168 valence electrons. The van der Waals surface area contributed by atoms with Crippen molar-refractivity contribution in [1.29, 1.82) is 0 Å². The van der Waals surface area contributed by atoms with Gasteiger partial charge in [-0.05, 0) is 11.0 Å². The molecule has 0 bridgehead atoms. The molecule has 2 aliphatic heterocycles. The molecule has 3 heterocycles. The van der Waals surface area contributed by atoms with Crippen molar-refractivity contribution >= 4 is 11.6 Å². The molecule has 1 aromatic carbocycles. The third-order valence-corrected chi connectivity index (χ3v) is 6.85. The maximum Gasteiger partial charge on any atom is 0.305 e. The maximum absolute atomic E-state index is 13.3. The number of quaternary nitrogens is 1. The fourth-order valence-corrected chi connectivity index (χ4v) is 5.17. The minimum atomic E-state index is -0.255. The van der Waals surface area contributed by atoms with E-state index >= 15 is 0 Å². The molecule has 32 heavy (non-hydrogen) atoms. The molecule has 3 N–H and O–H groups in total. The molecule has 2 aromatic rings. The Morgan fingerprint density at radius 2 is 1.94 bits per heavy atom. The number of carbonyl (C=O) groups is 1. The second-order valence-corrected chi connectivity index (χ2v) is 9.88. The molecule has 1 aliphatic carbocycles. The molecule has 7 heteroatoms. The Morgan fingerprint density at radius 3 is 2.69 bits per heavy atom. The molecule has 1 fully saturated rings. The Bertz CT molecular complexity index is 1060. The number of anilines is 1. The van der Waals surface area contributed by atoms with E-state index in [1.165, 1.54) is 4.90 Å². The van der Waals surface area contributed by atoms with E-state index in [1.807, 2.05) is 22.8 Å². The number of rotatable bonds is 4. The van der Waals surface area contributed by atoms with Crippen LogP contribution in [-0.2, 0) is 16.1 Å². The average molecular weight is 437 g/mol. The fraction of sp³-hybridized carbons (Fsp3) is 0.480. The van der Waals surface area contributed by atoms with Crippen molar-refractivity contribution in [3.8, 4) is 5.88 Å². The summed E-state index contributed by atoms with van der Waals surface area (Å²) in [5, 5.41) is 0. The first-order chi connectivity index (χ1) is 15.4. The van der Waals surface area contributed by atoms with Gasteiger partial charge in [0.1, 0.15) is 37.5 Å². The van der Waals surface area contributed by atoms with Crippen LogP contribution in [-0.4, -0.2) is 43.6 Å². The SMILES string of the molecule is CC1(C)CC(=O)C2=C(C1)Oc1nc[n+](CC[NH+]3CCOCC3)c(N)c1[C@H]2c1ccccc1. The lowest BCUT2D eigenvalue weighted by Crippen LogP contribution is -3.14. The Balaban J connectivity index is 1.55. The third-order valence-electron chi connectivity index (χ3n) is 6.85. The summed E-state index contributed by atoms with van der Waals surface area (Å²) in [6.07, 6.45) is 3.00. The molecule has 1 aromatic heterocycles. The zero-order valence-corrected chi connectivity index (χ0v) is 18.9. The summed E-state index contributed by atoms with van der Waals surface area (Å²) in [5.41, 5.74) is 9.21. The molecule has 0 amide bonds. The number of Topliss-reactive ketones (excluding diaryl/α,β-unsaturated/α-hetero) is 1. The van der Waals surface area contributed by atoms with Gasteiger partial charge < -0.3 is 20.1 Å². The number of allylic oxidation sites excluding steroid dienone is 2. The summed E-state index contributed by atoms with van der Waals surface area (Å²) < 4.78 is 13.7. The number of hydrogen-bond donors (Lipinski definition) is 2. The molecule has 1 saturated heterocycles. The van der Waals surface area contributed by atoms with Crippen LogP contribution in [0.1, 0.15) is 43.7 Å². The highest BCUT2D eigenvalue weighted by atomic mass is 16.5. The number of morpholine rings is 1. The lowest BCUT2D eigenvalue weighted by Gasteiger charge is -2.37. The molecule has 0 unspecified atom stereocenters. The molecule has 0 radical (unpaired) electrons. The van der Waals surface area contributed by atoms with E-state index in [-0.39, 0.29) is 17.1 Å². The van der Waals surface area contributed by atoms with Crippen LogP contribution in [0.25, 0.3) is 0 Å². The van der Waals surface area contributed by atoms with Crippen molar-refractivity contribution < 1.29 is 23.7 Å². The van der Waals surface area contributed by atoms with Gasteiger partial charge in [0, 0.05) is 18.4 Å². The van der Waals surface area contributed by atoms with E-state index in [2.05, 4.69) is 31.0 Å². The van der Waals surface area contributed by atoms with Gasteiger partial charge in [-0.3, -0.25) is 4.79 Å². The van der Waals surface area contributed by atoms with Crippen LogP contribution in [0.15, 0.2) is 48.0 Å². The highest BCUT2D eigenvalue weighted by molar-refractivity contribution is 6.00. The average Bonchev–Trinajstić information content (AvgIpc) is 2.78. The summed E-state index contributed by atoms with van der Waals surface area (Å²) in [4.78, 5) is 19.5. The molecule has 1 atom stereocenters. The van der Waals surface area contributed by atoms with Crippen molar-refractivity contribution in [1.82, 2.24) is 4.98 Å². The lowest BCUT2D eigenvalue weighted by atomic mass is 9.70. The zero-order chi connectivity index (χ0) is 22.3. The third kappa shape index (κ3) is 3.91. The van der Waals surface area contributed by atoms with E-state index in [1.54, 1.807) is 6.33 Å². The Labute approximate surface area is 188 Å². The van der Waals surface area contributed by atoms with Gasteiger partial charge in [0.25, 0.3) is 0 Å². The van der Waals surface area contributed by atoms with E-state index in [0.717, 1.165) is 61.9 Å². The van der Waals surface area contributed by atoms with Crippen LogP contribution in [0.4, 0.5) is 5.82 Å². The van der Waals surface area contributed by atoms with Crippen LogP contribution in [0.3, 0.4) is 0 Å². The van der Waals surface area contributed by atoms with Gasteiger partial charge in [-0.25, -0.2) is 4.57 Å². The Hall–Kier alpha value is -2.77. The van der Waals surface area contributed by atoms with Crippen LogP contribution in [0.2, 0.25) is 0 Å². The first-order valence-corrected chi connectivity index (χ1v) is 11.5. The minimum Gasteiger partial charge on any atom is -0.430 e. The number of carbonyl (C=O) groups excluding carboxylic acids is 1. The van der Waals surface area contributed by atoms with Gasteiger partial charge in [-0.2, -0.15) is 0 Å². The summed E-state index contributed by atoms with van der Waals surface area (Å²) in [6, 6.07) is 10.1. The lowest BCUT2D eigenvalue weighted by molar-refractivity contribution is -0.925. The number of nitrogens with two attached hydrogens (primary N) is 1. The van der Waals surface area contributed by atoms with Crippen molar-refractivity contribution in [2.45, 2.75) is 39.2 Å². The topological polar surface area (TPSA) is 82.8 Å². The second-order valence-electron chi connectivity index (χ2n) is 9.88. The second kappa shape index (κ2) is 8.30. The highest BCUT2D eigenvalue weighted by Crippen LogP contribution is 2.50. The number of nitrogens with zero attached hydrogens (tertiary/aromatic N) is 2. The van der Waals surface area contributed by atoms with E-state index in [4.69, 9.17) is 15.2 Å². The maximum atomic E-state index is 13.3. The molecule has 0 spiro atoms. The zero-order valence-electron chi connectivity index (χ0n) is 18.9. The number of ketones is 1. The normalized spacial score (nSPS) is 22.8. The minimum absolute atomic E-state index is 0.129. The van der Waals surface area contributed by atoms with Gasteiger partial charge in [-0.15, -0.1) is 0 Å². The number of ether oxygens (including phenoxy) is 2. The predicted octanol–water partition coefficient (Wildman–Crippen LogP) is 1.03. The van der Waals surface area contributed by atoms with Gasteiger partial charge in [0.05, 0.1) is 19.1 Å². The smallest absolute Gasteiger partial charge is 0.305 e. The van der Waals surface area contributed by atoms with E-state index in [0.29, 0.717) is 24.5 Å². The van der Waals surface area contributed by atoms with Crippen LogP contribution in [0, 0.1) is 5.41 Å². The van der Waals surface area contributed by atoms with Crippen molar-refractivity contribution in [2.24, 2.45) is 5.41 Å². The number of benzene rings is 1. The van der Waals surface area contributed by atoms with E-state index in [9.17, 15) is 4.79 Å². The molecular formula is C25H32N4O3+2. The van der Waals surface area contributed by atoms with Crippen molar-refractivity contribution in [3.05, 3.63) is 59.1 Å². The van der Waals surface area contributed by atoms with Gasteiger partial charge in [0.2, 0.25) is 12.1 Å². The number of fused-ring (bicyclic) bond motifs is 1. The van der Waals surface area contributed by atoms with Gasteiger partial charge in [-0.1, -0.05) is 49.2 Å². The number of nitrogen functional groups attached to an aromatic ring is 1. The number of hydrogen-bond acceptors (Lipinski definition) is 5. The predicted molar refractivity (Wildman–Crippen MR) is 119 cm³/mol. The first kappa shape index (κ1) is 21.1. The fourth-order valence-electron chi connectivity index (χ4n) is 5.17. The van der Waals surface area contributed by atoms with Gasteiger partial charge in [0.15, 0.2) is 5.78 Å². The monoisotopic (exact) mass is 436 g/mol. The number of aromatic nitrogens is 2. The molecule has 7 nitrogen and oxygen atoms in total.